The molecule has 0 aliphatic rings. The van der Waals surface area contributed by atoms with Gasteiger partial charge >= 0.3 is 0 Å². The van der Waals surface area contributed by atoms with Crippen molar-refractivity contribution < 1.29 is 8.42 Å². The lowest BCUT2D eigenvalue weighted by Crippen LogP contribution is -2.17. The van der Waals surface area contributed by atoms with Crippen molar-refractivity contribution in [2.45, 2.75) is 31.7 Å². The van der Waals surface area contributed by atoms with Crippen molar-refractivity contribution in [3.63, 3.8) is 0 Å². The molecule has 0 aliphatic heterocycles. The van der Waals surface area contributed by atoms with Gasteiger partial charge in [0.15, 0.2) is 0 Å². The highest BCUT2D eigenvalue weighted by atomic mass is 32.2. The van der Waals surface area contributed by atoms with E-state index >= 15 is 0 Å². The lowest BCUT2D eigenvalue weighted by Gasteiger charge is -2.06. The molecule has 0 fully saturated rings. The summed E-state index contributed by atoms with van der Waals surface area (Å²) in [5.41, 5.74) is 3.13. The van der Waals surface area contributed by atoms with E-state index in [4.69, 9.17) is 0 Å². The summed E-state index contributed by atoms with van der Waals surface area (Å²) in [6.07, 6.45) is 0.874. The van der Waals surface area contributed by atoms with Crippen molar-refractivity contribution in [1.29, 1.82) is 0 Å². The third-order valence-electron chi connectivity index (χ3n) is 4.01. The van der Waals surface area contributed by atoms with Crippen molar-refractivity contribution in [2.75, 3.05) is 0 Å². The summed E-state index contributed by atoms with van der Waals surface area (Å²) in [7, 11) is -3.73. The van der Waals surface area contributed by atoms with Gasteiger partial charge in [-0.3, -0.25) is 0 Å². The van der Waals surface area contributed by atoms with Gasteiger partial charge in [0.25, 0.3) is 10.0 Å². The summed E-state index contributed by atoms with van der Waals surface area (Å²) in [6, 6.07) is 16.8. The van der Waals surface area contributed by atoms with E-state index in [2.05, 4.69) is 4.40 Å². The molecule has 0 aliphatic carbocycles. The fourth-order valence-corrected chi connectivity index (χ4v) is 4.79. The van der Waals surface area contributed by atoms with Gasteiger partial charge in [-0.15, -0.1) is 15.7 Å². The van der Waals surface area contributed by atoms with Gasteiger partial charge in [-0.25, -0.2) is 0 Å². The highest BCUT2D eigenvalue weighted by Gasteiger charge is 2.14. The first-order valence-electron chi connectivity index (χ1n) is 8.19. The van der Waals surface area contributed by atoms with Crippen LogP contribution in [0.15, 0.2) is 69.3 Å². The van der Waals surface area contributed by atoms with Crippen LogP contribution in [0.1, 0.15) is 19.4 Å². The maximum Gasteiger partial charge on any atom is 0.285 e. The standard InChI is InChI=1S/C19H20N2O2S2/c1-3-15-10-12-17(13-11-15)25(22,23)20-19-21(4-2)18(14-24-19)16-8-6-5-7-9-16/h5-14H,3-4H2,1-2H3/b20-19-. The molecule has 3 rings (SSSR count). The molecule has 3 aromatic rings. The number of sulfonamides is 1. The smallest absolute Gasteiger partial charge is 0.285 e. The lowest BCUT2D eigenvalue weighted by atomic mass is 10.2. The summed E-state index contributed by atoms with van der Waals surface area (Å²) in [4.78, 5) is 0.711. The number of thiazole rings is 1. The number of aromatic nitrogens is 1. The first-order valence-corrected chi connectivity index (χ1v) is 10.5. The average Bonchev–Trinajstić information content (AvgIpc) is 3.04. The Hall–Kier alpha value is -2.18. The van der Waals surface area contributed by atoms with Crippen molar-refractivity contribution in [1.82, 2.24) is 4.57 Å². The van der Waals surface area contributed by atoms with Gasteiger partial charge < -0.3 is 4.57 Å². The highest BCUT2D eigenvalue weighted by molar-refractivity contribution is 7.90. The molecule has 1 heterocycles. The van der Waals surface area contributed by atoms with Crippen molar-refractivity contribution in [2.24, 2.45) is 4.40 Å². The molecule has 0 amide bonds. The molecule has 0 unspecified atom stereocenters. The second-order valence-electron chi connectivity index (χ2n) is 5.58. The second-order valence-corrected chi connectivity index (χ2v) is 8.02. The molecule has 0 spiro atoms. The number of hydrogen-bond donors (Lipinski definition) is 0. The molecule has 0 atom stereocenters. The van der Waals surface area contributed by atoms with Gasteiger partial charge in [0.05, 0.1) is 10.6 Å². The van der Waals surface area contributed by atoms with Crippen LogP contribution in [0, 0.1) is 0 Å². The molecule has 4 nitrogen and oxygen atoms in total. The molecule has 1 aromatic heterocycles. The van der Waals surface area contributed by atoms with Gasteiger partial charge in [-0.05, 0) is 36.6 Å². The SMILES string of the molecule is CCc1ccc(S(=O)(=O)/N=c2\scc(-c3ccccc3)n2CC)cc1. The monoisotopic (exact) mass is 372 g/mol. The van der Waals surface area contributed by atoms with Crippen LogP contribution in [0.2, 0.25) is 0 Å². The Labute approximate surface area is 152 Å². The molecule has 25 heavy (non-hydrogen) atoms. The van der Waals surface area contributed by atoms with E-state index in [1.807, 2.05) is 66.3 Å². The topological polar surface area (TPSA) is 51.4 Å². The van der Waals surface area contributed by atoms with Crippen LogP contribution >= 0.6 is 11.3 Å². The van der Waals surface area contributed by atoms with E-state index in [9.17, 15) is 8.42 Å². The van der Waals surface area contributed by atoms with Crippen LogP contribution in [0.5, 0.6) is 0 Å². The molecule has 130 valence electrons. The quantitative estimate of drug-likeness (QED) is 0.677. The Morgan fingerprint density at radius 1 is 1.00 bits per heavy atom. The zero-order valence-electron chi connectivity index (χ0n) is 14.2. The number of benzene rings is 2. The molecule has 0 radical (unpaired) electrons. The van der Waals surface area contributed by atoms with Gasteiger partial charge in [-0.1, -0.05) is 49.4 Å². The zero-order chi connectivity index (χ0) is 17.9. The van der Waals surface area contributed by atoms with E-state index in [1.54, 1.807) is 12.1 Å². The molecule has 0 bridgehead atoms. The Morgan fingerprint density at radius 2 is 1.68 bits per heavy atom. The van der Waals surface area contributed by atoms with E-state index in [-0.39, 0.29) is 4.90 Å². The van der Waals surface area contributed by atoms with Crippen LogP contribution in [-0.2, 0) is 23.0 Å². The second kappa shape index (κ2) is 7.37. The number of aryl methyl sites for hydroxylation is 1. The Bertz CT molecular complexity index is 1020. The van der Waals surface area contributed by atoms with Gasteiger partial charge in [0, 0.05) is 11.9 Å². The summed E-state index contributed by atoms with van der Waals surface area (Å²) in [6.45, 7) is 4.67. The Morgan fingerprint density at radius 3 is 2.28 bits per heavy atom. The van der Waals surface area contributed by atoms with Crippen molar-refractivity contribution in [3.8, 4) is 11.3 Å². The molecule has 0 saturated carbocycles. The highest BCUT2D eigenvalue weighted by Crippen LogP contribution is 2.20. The summed E-state index contributed by atoms with van der Waals surface area (Å²) >= 11 is 1.34. The largest absolute Gasteiger partial charge is 0.316 e. The Balaban J connectivity index is 2.07. The van der Waals surface area contributed by atoms with E-state index in [1.165, 1.54) is 11.3 Å². The van der Waals surface area contributed by atoms with Crippen LogP contribution in [-0.4, -0.2) is 13.0 Å². The predicted molar refractivity (Wildman–Crippen MR) is 102 cm³/mol. The summed E-state index contributed by atoms with van der Waals surface area (Å²) in [5, 5.41) is 1.95. The number of hydrogen-bond acceptors (Lipinski definition) is 3. The molecule has 2 aromatic carbocycles. The summed E-state index contributed by atoms with van der Waals surface area (Å²) in [5.74, 6) is 0. The third-order valence-corrected chi connectivity index (χ3v) is 6.27. The fraction of sp³-hybridized carbons (Fsp3) is 0.211. The van der Waals surface area contributed by atoms with E-state index in [0.29, 0.717) is 11.3 Å². The maximum absolute atomic E-state index is 12.6. The molecular formula is C19H20N2O2S2. The Kier molecular flexibility index (Phi) is 5.20. The predicted octanol–water partition coefficient (Wildman–Crippen LogP) is 4.09. The third kappa shape index (κ3) is 3.75. The van der Waals surface area contributed by atoms with E-state index < -0.39 is 10.0 Å². The van der Waals surface area contributed by atoms with Crippen molar-refractivity contribution >= 4 is 21.4 Å². The molecular weight excluding hydrogens is 352 g/mol. The molecule has 6 heteroatoms. The normalized spacial score (nSPS) is 12.5. The molecule has 0 N–H and O–H groups in total. The zero-order valence-corrected chi connectivity index (χ0v) is 15.8. The van der Waals surface area contributed by atoms with Crippen LogP contribution < -0.4 is 4.80 Å². The average molecular weight is 373 g/mol. The minimum Gasteiger partial charge on any atom is -0.316 e. The number of nitrogens with zero attached hydrogens (tertiary/aromatic N) is 2. The minimum absolute atomic E-state index is 0.224. The van der Waals surface area contributed by atoms with Gasteiger partial charge in [-0.2, -0.15) is 8.42 Å². The summed E-state index contributed by atoms with van der Waals surface area (Å²) < 4.78 is 31.3. The molecule has 0 saturated heterocycles. The van der Waals surface area contributed by atoms with Crippen LogP contribution in [0.25, 0.3) is 11.3 Å². The first-order chi connectivity index (χ1) is 12.0. The minimum atomic E-state index is -3.73. The lowest BCUT2D eigenvalue weighted by molar-refractivity contribution is 0.595. The number of rotatable bonds is 5. The fourth-order valence-electron chi connectivity index (χ4n) is 2.60. The maximum atomic E-state index is 12.6. The van der Waals surface area contributed by atoms with Gasteiger partial charge in [0.2, 0.25) is 4.80 Å². The van der Waals surface area contributed by atoms with Crippen LogP contribution in [0.3, 0.4) is 0 Å². The van der Waals surface area contributed by atoms with Crippen LogP contribution in [0.4, 0.5) is 0 Å². The van der Waals surface area contributed by atoms with E-state index in [0.717, 1.165) is 23.2 Å². The van der Waals surface area contributed by atoms with Gasteiger partial charge in [0.1, 0.15) is 0 Å². The van der Waals surface area contributed by atoms with Crippen molar-refractivity contribution in [3.05, 3.63) is 70.3 Å². The first kappa shape index (κ1) is 17.6.